The van der Waals surface area contributed by atoms with Crippen molar-refractivity contribution in [2.75, 3.05) is 6.54 Å². The van der Waals surface area contributed by atoms with Gasteiger partial charge < -0.3 is 15.0 Å². The minimum absolute atomic E-state index is 0.0540. The van der Waals surface area contributed by atoms with Crippen molar-refractivity contribution in [3.63, 3.8) is 0 Å². The summed E-state index contributed by atoms with van der Waals surface area (Å²) in [6, 6.07) is 6.47. The fourth-order valence-corrected chi connectivity index (χ4v) is 2.38. The third-order valence-corrected chi connectivity index (χ3v) is 3.62. The summed E-state index contributed by atoms with van der Waals surface area (Å²) in [5.41, 5.74) is 1.01. The van der Waals surface area contributed by atoms with Gasteiger partial charge in [-0.25, -0.2) is 4.79 Å². The van der Waals surface area contributed by atoms with Crippen LogP contribution in [0.1, 0.15) is 43.1 Å². The van der Waals surface area contributed by atoms with Crippen LogP contribution >= 0.6 is 0 Å². The Morgan fingerprint density at radius 1 is 1.33 bits per heavy atom. The zero-order valence-corrected chi connectivity index (χ0v) is 12.3. The zero-order valence-electron chi connectivity index (χ0n) is 12.3. The number of benzene rings is 1. The van der Waals surface area contributed by atoms with Crippen molar-refractivity contribution in [3.05, 3.63) is 36.0 Å². The van der Waals surface area contributed by atoms with Gasteiger partial charge in [0.1, 0.15) is 6.04 Å². The highest BCUT2D eigenvalue weighted by Crippen LogP contribution is 2.23. The van der Waals surface area contributed by atoms with Gasteiger partial charge >= 0.3 is 5.97 Å². The summed E-state index contributed by atoms with van der Waals surface area (Å²) >= 11 is 0. The second kappa shape index (κ2) is 6.43. The van der Waals surface area contributed by atoms with E-state index in [1.54, 1.807) is 24.4 Å². The Labute approximate surface area is 123 Å². The van der Waals surface area contributed by atoms with Crippen LogP contribution in [0.25, 0.3) is 10.9 Å². The lowest BCUT2D eigenvalue weighted by atomic mass is 10.1. The van der Waals surface area contributed by atoms with Crippen molar-refractivity contribution >= 4 is 22.8 Å². The number of rotatable bonds is 6. The smallest absolute Gasteiger partial charge is 0.336 e. The zero-order chi connectivity index (χ0) is 15.4. The van der Waals surface area contributed by atoms with Crippen LogP contribution in [0.5, 0.6) is 0 Å². The summed E-state index contributed by atoms with van der Waals surface area (Å²) in [7, 11) is 0. The number of nitrogens with one attached hydrogen (secondary N) is 1. The fraction of sp³-hybridized carbons (Fsp3) is 0.375. The molecule has 1 unspecified atom stereocenters. The van der Waals surface area contributed by atoms with E-state index in [4.69, 9.17) is 0 Å². The first kappa shape index (κ1) is 15.1. The van der Waals surface area contributed by atoms with Crippen molar-refractivity contribution in [2.45, 2.75) is 32.7 Å². The highest BCUT2D eigenvalue weighted by molar-refractivity contribution is 6.03. The number of hydrogen-bond acceptors (Lipinski definition) is 2. The van der Waals surface area contributed by atoms with Gasteiger partial charge in [0.25, 0.3) is 0 Å². The predicted molar refractivity (Wildman–Crippen MR) is 81.5 cm³/mol. The Morgan fingerprint density at radius 2 is 2.10 bits per heavy atom. The summed E-state index contributed by atoms with van der Waals surface area (Å²) in [4.78, 5) is 23.3. The molecule has 2 rings (SSSR count). The first-order chi connectivity index (χ1) is 10.1. The van der Waals surface area contributed by atoms with Crippen LogP contribution in [-0.4, -0.2) is 28.1 Å². The number of amides is 1. The number of unbranched alkanes of at least 4 members (excludes halogenated alkanes) is 1. The molecule has 5 nitrogen and oxygen atoms in total. The minimum Gasteiger partial charge on any atom is -0.478 e. The molecule has 1 aromatic carbocycles. The molecule has 0 aliphatic rings. The molecule has 0 fully saturated rings. The molecule has 1 heterocycles. The number of carboxylic acid groups (broad SMARTS) is 1. The largest absolute Gasteiger partial charge is 0.478 e. The van der Waals surface area contributed by atoms with E-state index in [9.17, 15) is 14.7 Å². The van der Waals surface area contributed by atoms with Crippen LogP contribution in [0, 0.1) is 0 Å². The maximum absolute atomic E-state index is 12.1. The maximum atomic E-state index is 12.1. The third kappa shape index (κ3) is 3.07. The van der Waals surface area contributed by atoms with Gasteiger partial charge in [-0.2, -0.15) is 0 Å². The predicted octanol–water partition coefficient (Wildman–Crippen LogP) is 2.82. The van der Waals surface area contributed by atoms with Gasteiger partial charge in [-0.1, -0.05) is 19.4 Å². The van der Waals surface area contributed by atoms with Crippen LogP contribution in [-0.2, 0) is 4.79 Å². The van der Waals surface area contributed by atoms with Crippen molar-refractivity contribution in [1.82, 2.24) is 9.88 Å². The molecule has 1 amide bonds. The molecule has 0 saturated carbocycles. The molecule has 0 spiro atoms. The molecule has 21 heavy (non-hydrogen) atoms. The second-order valence-electron chi connectivity index (χ2n) is 5.09. The highest BCUT2D eigenvalue weighted by atomic mass is 16.4. The van der Waals surface area contributed by atoms with E-state index in [0.717, 1.165) is 18.4 Å². The highest BCUT2D eigenvalue weighted by Gasteiger charge is 2.18. The number of aromatic nitrogens is 1. The lowest BCUT2D eigenvalue weighted by molar-refractivity contribution is -0.123. The van der Waals surface area contributed by atoms with Gasteiger partial charge in [-0.3, -0.25) is 4.79 Å². The molecule has 0 aliphatic carbocycles. The average Bonchev–Trinajstić information content (AvgIpc) is 2.90. The molecule has 112 valence electrons. The average molecular weight is 288 g/mol. The van der Waals surface area contributed by atoms with E-state index in [2.05, 4.69) is 12.2 Å². The van der Waals surface area contributed by atoms with Gasteiger partial charge in [0.15, 0.2) is 0 Å². The number of carbonyl (C=O) groups excluding carboxylic acids is 1. The van der Waals surface area contributed by atoms with Crippen molar-refractivity contribution in [1.29, 1.82) is 0 Å². The van der Waals surface area contributed by atoms with Crippen LogP contribution in [0.2, 0.25) is 0 Å². The van der Waals surface area contributed by atoms with Gasteiger partial charge in [-0.15, -0.1) is 0 Å². The number of aromatic carboxylic acids is 1. The van der Waals surface area contributed by atoms with Gasteiger partial charge in [0, 0.05) is 23.6 Å². The topological polar surface area (TPSA) is 71.3 Å². The standard InChI is InChI=1S/C16H20N2O3/c1-3-4-9-17-15(19)11(2)18-10-8-12-13(16(20)21)6-5-7-14(12)18/h5-8,10-11H,3-4,9H2,1-2H3,(H,17,19)(H,20,21). The quantitative estimate of drug-likeness (QED) is 0.803. The fourth-order valence-electron chi connectivity index (χ4n) is 2.38. The molecule has 0 aliphatic heterocycles. The second-order valence-corrected chi connectivity index (χ2v) is 5.09. The first-order valence-corrected chi connectivity index (χ1v) is 7.16. The normalized spacial score (nSPS) is 12.3. The van der Waals surface area contributed by atoms with E-state index >= 15 is 0 Å². The minimum atomic E-state index is -0.960. The SMILES string of the molecule is CCCCNC(=O)C(C)n1ccc2c(C(=O)O)cccc21. The third-order valence-electron chi connectivity index (χ3n) is 3.62. The summed E-state index contributed by atoms with van der Waals surface area (Å²) < 4.78 is 1.81. The Hall–Kier alpha value is -2.30. The van der Waals surface area contributed by atoms with Crippen molar-refractivity contribution in [2.24, 2.45) is 0 Å². The molecule has 1 atom stereocenters. The molecule has 2 aromatic rings. The molecular formula is C16H20N2O3. The van der Waals surface area contributed by atoms with E-state index in [-0.39, 0.29) is 17.5 Å². The Balaban J connectivity index is 2.28. The summed E-state index contributed by atoms with van der Waals surface area (Å²) in [5, 5.41) is 12.7. The first-order valence-electron chi connectivity index (χ1n) is 7.16. The van der Waals surface area contributed by atoms with Crippen LogP contribution < -0.4 is 5.32 Å². The Kier molecular flexibility index (Phi) is 4.62. The number of fused-ring (bicyclic) bond motifs is 1. The molecule has 0 radical (unpaired) electrons. The molecular weight excluding hydrogens is 268 g/mol. The van der Waals surface area contributed by atoms with Gasteiger partial charge in [0.05, 0.1) is 5.56 Å². The molecule has 0 saturated heterocycles. The van der Waals surface area contributed by atoms with Crippen LogP contribution in [0.15, 0.2) is 30.5 Å². The Bertz CT molecular complexity index is 661. The van der Waals surface area contributed by atoms with Gasteiger partial charge in [0.2, 0.25) is 5.91 Å². The summed E-state index contributed by atoms with van der Waals surface area (Å²) in [6.07, 6.45) is 3.75. The molecule has 5 heteroatoms. The molecule has 2 N–H and O–H groups in total. The van der Waals surface area contributed by atoms with E-state index in [1.807, 2.05) is 17.6 Å². The Morgan fingerprint density at radius 3 is 2.76 bits per heavy atom. The van der Waals surface area contributed by atoms with Gasteiger partial charge in [-0.05, 0) is 31.5 Å². The van der Waals surface area contributed by atoms with Crippen LogP contribution in [0.3, 0.4) is 0 Å². The van der Waals surface area contributed by atoms with E-state index < -0.39 is 5.97 Å². The maximum Gasteiger partial charge on any atom is 0.336 e. The number of carbonyl (C=O) groups is 2. The number of hydrogen-bond donors (Lipinski definition) is 2. The summed E-state index contributed by atoms with van der Waals surface area (Å²) in [5.74, 6) is -1.01. The van der Waals surface area contributed by atoms with Crippen molar-refractivity contribution in [3.8, 4) is 0 Å². The molecule has 0 bridgehead atoms. The number of carboxylic acids is 1. The van der Waals surface area contributed by atoms with E-state index in [1.165, 1.54) is 0 Å². The molecule has 1 aromatic heterocycles. The van der Waals surface area contributed by atoms with E-state index in [0.29, 0.717) is 11.9 Å². The lowest BCUT2D eigenvalue weighted by Gasteiger charge is -2.15. The monoisotopic (exact) mass is 288 g/mol. The van der Waals surface area contributed by atoms with Crippen molar-refractivity contribution < 1.29 is 14.7 Å². The number of nitrogens with zero attached hydrogens (tertiary/aromatic N) is 1. The summed E-state index contributed by atoms with van der Waals surface area (Å²) in [6.45, 7) is 4.55. The lowest BCUT2D eigenvalue weighted by Crippen LogP contribution is -2.31. The van der Waals surface area contributed by atoms with Crippen LogP contribution in [0.4, 0.5) is 0 Å².